The summed E-state index contributed by atoms with van der Waals surface area (Å²) in [4.78, 5) is 13.6. The van der Waals surface area contributed by atoms with E-state index in [9.17, 15) is 4.79 Å². The summed E-state index contributed by atoms with van der Waals surface area (Å²) in [6.07, 6.45) is 0.776. The minimum atomic E-state index is -0.415. The van der Waals surface area contributed by atoms with E-state index in [-0.39, 0.29) is 12.1 Å². The van der Waals surface area contributed by atoms with E-state index >= 15 is 0 Å². The summed E-state index contributed by atoms with van der Waals surface area (Å²) in [7, 11) is 0. The molecule has 2 saturated heterocycles. The molecule has 0 radical (unpaired) electrons. The number of carbonyl (C=O) groups excluding carboxylic acids is 1. The van der Waals surface area contributed by atoms with Crippen LogP contribution in [-0.4, -0.2) is 46.8 Å². The quantitative estimate of drug-likeness (QED) is 0.597. The summed E-state index contributed by atoms with van der Waals surface area (Å²) in [6, 6.07) is 0.567. The summed E-state index contributed by atoms with van der Waals surface area (Å²) >= 11 is 0. The van der Waals surface area contributed by atoms with Gasteiger partial charge in [-0.3, -0.25) is 5.84 Å². The Morgan fingerprint density at radius 1 is 1.33 bits per heavy atom. The number of hydrogen-bond donors (Lipinski definition) is 1. The van der Waals surface area contributed by atoms with Gasteiger partial charge in [0.1, 0.15) is 5.60 Å². The van der Waals surface area contributed by atoms with Gasteiger partial charge in [0, 0.05) is 19.1 Å². The number of likely N-dealkylation sites (tertiary alicyclic amines) is 1. The van der Waals surface area contributed by atoms with Gasteiger partial charge in [0.05, 0.1) is 6.04 Å². The van der Waals surface area contributed by atoms with Gasteiger partial charge in [-0.25, -0.2) is 9.80 Å². The van der Waals surface area contributed by atoms with Gasteiger partial charge in [-0.15, -0.1) is 0 Å². The van der Waals surface area contributed by atoms with E-state index in [2.05, 4.69) is 0 Å². The van der Waals surface area contributed by atoms with Crippen LogP contribution in [0.5, 0.6) is 0 Å². The van der Waals surface area contributed by atoms with Crippen LogP contribution in [0, 0.1) is 0 Å². The maximum atomic E-state index is 11.8. The van der Waals surface area contributed by atoms with Crippen LogP contribution in [0.4, 0.5) is 4.79 Å². The number of nitrogens with two attached hydrogens (primary N) is 1. The van der Waals surface area contributed by atoms with Gasteiger partial charge < -0.3 is 9.64 Å². The Hall–Kier alpha value is -0.810. The summed E-state index contributed by atoms with van der Waals surface area (Å²) in [5.41, 5.74) is -0.415. The molecule has 2 rings (SSSR count). The zero-order valence-electron chi connectivity index (χ0n) is 9.56. The third-order valence-electron chi connectivity index (χ3n) is 2.91. The van der Waals surface area contributed by atoms with Crippen LogP contribution in [0.3, 0.4) is 0 Å². The Morgan fingerprint density at radius 2 is 2.00 bits per heavy atom. The van der Waals surface area contributed by atoms with Crippen LogP contribution in [0.2, 0.25) is 0 Å². The van der Waals surface area contributed by atoms with Gasteiger partial charge in [-0.2, -0.15) is 0 Å². The minimum Gasteiger partial charge on any atom is -0.444 e. The molecule has 86 valence electrons. The molecule has 5 heteroatoms. The number of amides is 1. The number of hydrogen-bond acceptors (Lipinski definition) is 4. The van der Waals surface area contributed by atoms with Crippen molar-refractivity contribution in [3.8, 4) is 0 Å². The van der Waals surface area contributed by atoms with Crippen molar-refractivity contribution in [3.05, 3.63) is 0 Å². The summed E-state index contributed by atoms with van der Waals surface area (Å²) in [5.74, 6) is 5.76. The van der Waals surface area contributed by atoms with E-state index in [0.29, 0.717) is 12.6 Å². The number of fused-ring (bicyclic) bond motifs is 2. The van der Waals surface area contributed by atoms with Crippen LogP contribution in [-0.2, 0) is 4.74 Å². The van der Waals surface area contributed by atoms with E-state index < -0.39 is 5.60 Å². The van der Waals surface area contributed by atoms with Crippen molar-refractivity contribution < 1.29 is 9.53 Å². The first-order chi connectivity index (χ1) is 6.87. The molecule has 0 aromatic carbocycles. The Balaban J connectivity index is 1.94. The molecule has 5 nitrogen and oxygen atoms in total. The Bertz CT molecular complexity index is 272. The van der Waals surface area contributed by atoms with Crippen molar-refractivity contribution >= 4 is 6.09 Å². The van der Waals surface area contributed by atoms with Gasteiger partial charge in [0.25, 0.3) is 0 Å². The third-order valence-corrected chi connectivity index (χ3v) is 2.91. The van der Waals surface area contributed by atoms with E-state index in [1.54, 1.807) is 4.90 Å². The zero-order valence-corrected chi connectivity index (χ0v) is 9.56. The fourth-order valence-electron chi connectivity index (χ4n) is 2.24. The second-order valence-corrected chi connectivity index (χ2v) is 5.37. The van der Waals surface area contributed by atoms with Gasteiger partial charge in [-0.1, -0.05) is 0 Å². The molecule has 2 heterocycles. The molecule has 0 aliphatic carbocycles. The largest absolute Gasteiger partial charge is 0.444 e. The first kappa shape index (κ1) is 10.7. The normalized spacial score (nSPS) is 31.1. The van der Waals surface area contributed by atoms with Crippen molar-refractivity contribution in [2.24, 2.45) is 5.84 Å². The van der Waals surface area contributed by atoms with Crippen molar-refractivity contribution in [1.29, 1.82) is 0 Å². The lowest BCUT2D eigenvalue weighted by molar-refractivity contribution is 0.0130. The maximum Gasteiger partial charge on any atom is 0.410 e. The molecule has 15 heavy (non-hydrogen) atoms. The first-order valence-corrected chi connectivity index (χ1v) is 5.38. The van der Waals surface area contributed by atoms with Crippen LogP contribution in [0.25, 0.3) is 0 Å². The number of ether oxygens (including phenoxy) is 1. The molecule has 0 aromatic heterocycles. The molecule has 2 bridgehead atoms. The topological polar surface area (TPSA) is 58.8 Å². The van der Waals surface area contributed by atoms with E-state index in [4.69, 9.17) is 10.6 Å². The number of rotatable bonds is 0. The number of hydrazine groups is 1. The van der Waals surface area contributed by atoms with E-state index in [0.717, 1.165) is 13.0 Å². The molecule has 2 aliphatic rings. The van der Waals surface area contributed by atoms with Gasteiger partial charge in [0.2, 0.25) is 0 Å². The second-order valence-electron chi connectivity index (χ2n) is 5.37. The van der Waals surface area contributed by atoms with Crippen LogP contribution in [0.1, 0.15) is 27.2 Å². The minimum absolute atomic E-state index is 0.205. The summed E-state index contributed by atoms with van der Waals surface area (Å²) in [6.45, 7) is 7.12. The highest BCUT2D eigenvalue weighted by molar-refractivity contribution is 5.69. The average molecular weight is 213 g/mol. The van der Waals surface area contributed by atoms with Crippen LogP contribution < -0.4 is 5.84 Å². The predicted molar refractivity (Wildman–Crippen MR) is 56.0 cm³/mol. The smallest absolute Gasteiger partial charge is 0.410 e. The first-order valence-electron chi connectivity index (χ1n) is 5.38. The van der Waals surface area contributed by atoms with Crippen molar-refractivity contribution in [3.63, 3.8) is 0 Å². The third kappa shape index (κ3) is 2.08. The highest BCUT2D eigenvalue weighted by atomic mass is 16.6. The molecule has 2 atom stereocenters. The number of piperazine rings is 1. The molecule has 0 aromatic rings. The Morgan fingerprint density at radius 3 is 2.40 bits per heavy atom. The second kappa shape index (κ2) is 3.35. The molecule has 2 aliphatic heterocycles. The molecule has 2 N–H and O–H groups in total. The van der Waals surface area contributed by atoms with Gasteiger partial charge >= 0.3 is 6.09 Å². The molecule has 0 unspecified atom stereocenters. The maximum absolute atomic E-state index is 11.8. The van der Waals surface area contributed by atoms with Crippen LogP contribution >= 0.6 is 0 Å². The van der Waals surface area contributed by atoms with Crippen molar-refractivity contribution in [2.75, 3.05) is 13.1 Å². The molecular formula is C10H19N3O2. The predicted octanol–water partition coefficient (Wildman–Crippen LogP) is 0.554. The Kier molecular flexibility index (Phi) is 2.39. The van der Waals surface area contributed by atoms with Crippen molar-refractivity contribution in [2.45, 2.75) is 44.9 Å². The summed E-state index contributed by atoms with van der Waals surface area (Å²) in [5, 5.41) is 1.82. The molecule has 0 saturated carbocycles. The number of nitrogens with zero attached hydrogens (tertiary/aromatic N) is 2. The fraction of sp³-hybridized carbons (Fsp3) is 0.900. The lowest BCUT2D eigenvalue weighted by Gasteiger charge is -2.33. The highest BCUT2D eigenvalue weighted by Gasteiger charge is 2.45. The van der Waals surface area contributed by atoms with Gasteiger partial charge in [0.15, 0.2) is 0 Å². The monoisotopic (exact) mass is 213 g/mol. The highest BCUT2D eigenvalue weighted by Crippen LogP contribution is 2.29. The van der Waals surface area contributed by atoms with Crippen molar-refractivity contribution in [1.82, 2.24) is 9.91 Å². The van der Waals surface area contributed by atoms with Crippen LogP contribution in [0.15, 0.2) is 0 Å². The van der Waals surface area contributed by atoms with E-state index in [1.807, 2.05) is 25.8 Å². The molecular weight excluding hydrogens is 194 g/mol. The SMILES string of the molecule is CC(C)(C)OC(=O)N1C[C@@H]2C[C@H]1CN2N. The number of carbonyl (C=O) groups is 1. The van der Waals surface area contributed by atoms with E-state index in [1.165, 1.54) is 0 Å². The fourth-order valence-corrected chi connectivity index (χ4v) is 2.24. The molecule has 1 amide bonds. The molecule has 2 fully saturated rings. The van der Waals surface area contributed by atoms with Gasteiger partial charge in [-0.05, 0) is 27.2 Å². The lowest BCUT2D eigenvalue weighted by atomic mass is 10.2. The zero-order chi connectivity index (χ0) is 11.2. The Labute approximate surface area is 90.1 Å². The molecule has 0 spiro atoms. The standard InChI is InChI=1S/C10H19N3O2/c1-10(2,3)15-9(14)12-5-8-4-7(12)6-13(8)11/h7-8H,4-6,11H2,1-3H3/t7-,8-/m0/s1. The summed E-state index contributed by atoms with van der Waals surface area (Å²) < 4.78 is 5.34. The average Bonchev–Trinajstić information content (AvgIpc) is 2.58. The lowest BCUT2D eigenvalue weighted by Crippen LogP contribution is -2.52.